The molecule has 0 unspecified atom stereocenters. The number of alkyl halides is 2. The second-order valence-electron chi connectivity index (χ2n) is 2.57. The number of pyridine rings is 1. The zero-order valence-corrected chi connectivity index (χ0v) is 9.94. The summed E-state index contributed by atoms with van der Waals surface area (Å²) in [6.45, 7) is 1.42. The van der Waals surface area contributed by atoms with Gasteiger partial charge in [0.1, 0.15) is 5.69 Å². The highest BCUT2D eigenvalue weighted by atomic mass is 127. The first-order valence-corrected chi connectivity index (χ1v) is 5.04. The predicted molar refractivity (Wildman–Crippen MR) is 56.8 cm³/mol. The second-order valence-corrected chi connectivity index (χ2v) is 4.07. The quantitative estimate of drug-likeness (QED) is 0.615. The summed E-state index contributed by atoms with van der Waals surface area (Å²) < 4.78 is 25.1. The van der Waals surface area contributed by atoms with Crippen molar-refractivity contribution in [3.05, 3.63) is 26.6 Å². The van der Waals surface area contributed by atoms with Crippen LogP contribution in [0.5, 0.6) is 0 Å². The largest absolute Gasteiger partial charge is 0.274 e. The molecule has 76 valence electrons. The number of nitrogens with zero attached hydrogens (tertiary/aromatic N) is 1. The van der Waals surface area contributed by atoms with E-state index in [4.69, 9.17) is 11.6 Å². The normalized spacial score (nSPS) is 10.7. The molecule has 2 nitrogen and oxygen atoms in total. The molecule has 1 rings (SSSR count). The van der Waals surface area contributed by atoms with Gasteiger partial charge in [0.15, 0.2) is 0 Å². The minimum atomic E-state index is -2.59. The maximum absolute atomic E-state index is 12.4. The maximum atomic E-state index is 12.4. The number of aromatic nitrogens is 1. The van der Waals surface area contributed by atoms with E-state index in [0.717, 1.165) is 0 Å². The van der Waals surface area contributed by atoms with Crippen molar-refractivity contribution in [3.8, 4) is 0 Å². The molecule has 0 N–H and O–H groups in total. The van der Waals surface area contributed by atoms with Gasteiger partial charge >= 0.3 is 0 Å². The van der Waals surface area contributed by atoms with Gasteiger partial charge in [0.25, 0.3) is 11.7 Å². The molecule has 0 atom stereocenters. The first-order valence-electron chi connectivity index (χ1n) is 3.58. The highest BCUT2D eigenvalue weighted by Crippen LogP contribution is 2.25. The fourth-order valence-corrected chi connectivity index (χ4v) is 1.96. The minimum Gasteiger partial charge on any atom is -0.274 e. The van der Waals surface area contributed by atoms with E-state index in [1.54, 1.807) is 22.6 Å². The Morgan fingerprint density at radius 2 is 2.21 bits per heavy atom. The third kappa shape index (κ3) is 2.38. The molecule has 1 aromatic rings. The third-order valence-corrected chi connectivity index (χ3v) is 2.63. The van der Waals surface area contributed by atoms with Crippen LogP contribution < -0.4 is 0 Å². The van der Waals surface area contributed by atoms with E-state index < -0.39 is 11.7 Å². The lowest BCUT2D eigenvalue weighted by atomic mass is 10.2. The summed E-state index contributed by atoms with van der Waals surface area (Å²) in [4.78, 5) is 14.5. The lowest BCUT2D eigenvalue weighted by Crippen LogP contribution is -2.03. The Morgan fingerprint density at radius 3 is 2.64 bits per heavy atom. The SMILES string of the molecule is Cc1nc(C(=O)Cl)c(I)cc1C(F)F. The fraction of sp³-hybridized carbons (Fsp3) is 0.250. The molecule has 0 saturated heterocycles. The van der Waals surface area contributed by atoms with Gasteiger partial charge in [-0.25, -0.2) is 13.8 Å². The van der Waals surface area contributed by atoms with E-state index in [-0.39, 0.29) is 17.0 Å². The van der Waals surface area contributed by atoms with Crippen molar-refractivity contribution in [2.75, 3.05) is 0 Å². The molecule has 0 bridgehead atoms. The maximum Gasteiger partial charge on any atom is 0.271 e. The molecular formula is C8H5ClF2INO. The average molecular weight is 331 g/mol. The molecule has 1 heterocycles. The van der Waals surface area contributed by atoms with Gasteiger partial charge in [0, 0.05) is 14.8 Å². The number of hydrogen-bond donors (Lipinski definition) is 0. The van der Waals surface area contributed by atoms with Crippen molar-refractivity contribution in [2.45, 2.75) is 13.3 Å². The highest BCUT2D eigenvalue weighted by molar-refractivity contribution is 14.1. The van der Waals surface area contributed by atoms with E-state index in [2.05, 4.69) is 4.98 Å². The highest BCUT2D eigenvalue weighted by Gasteiger charge is 2.17. The van der Waals surface area contributed by atoms with E-state index in [1.165, 1.54) is 13.0 Å². The van der Waals surface area contributed by atoms with Crippen LogP contribution in [-0.2, 0) is 0 Å². The van der Waals surface area contributed by atoms with Crippen LogP contribution in [0.4, 0.5) is 8.78 Å². The second kappa shape index (κ2) is 4.48. The summed E-state index contributed by atoms with van der Waals surface area (Å²) in [5, 5.41) is -0.738. The van der Waals surface area contributed by atoms with Crippen molar-refractivity contribution in [2.24, 2.45) is 0 Å². The summed E-state index contributed by atoms with van der Waals surface area (Å²) >= 11 is 6.97. The standard InChI is InChI=1S/C8H5ClF2INO/c1-3-4(8(10)11)2-5(12)6(13-3)7(9)14/h2,8H,1H3. The van der Waals surface area contributed by atoms with Crippen LogP contribution in [0.2, 0.25) is 0 Å². The van der Waals surface area contributed by atoms with Crippen LogP contribution >= 0.6 is 34.2 Å². The smallest absolute Gasteiger partial charge is 0.271 e. The lowest BCUT2D eigenvalue weighted by molar-refractivity contribution is 0.107. The third-order valence-electron chi connectivity index (χ3n) is 1.63. The Morgan fingerprint density at radius 1 is 1.64 bits per heavy atom. The number of carbonyl (C=O) groups is 1. The predicted octanol–water partition coefficient (Wildman–Crippen LogP) is 3.31. The van der Waals surface area contributed by atoms with Gasteiger partial charge in [-0.1, -0.05) is 0 Å². The van der Waals surface area contributed by atoms with Gasteiger partial charge in [-0.3, -0.25) is 4.79 Å². The molecule has 6 heteroatoms. The molecule has 0 aromatic carbocycles. The summed E-state index contributed by atoms with van der Waals surface area (Å²) in [6.07, 6.45) is -2.59. The van der Waals surface area contributed by atoms with E-state index in [1.807, 2.05) is 0 Å². The summed E-state index contributed by atoms with van der Waals surface area (Å²) in [6, 6.07) is 1.23. The van der Waals surface area contributed by atoms with Crippen molar-refractivity contribution in [1.82, 2.24) is 4.98 Å². The molecule has 0 spiro atoms. The van der Waals surface area contributed by atoms with E-state index in [0.29, 0.717) is 3.57 Å². The number of hydrogen-bond acceptors (Lipinski definition) is 2. The number of carbonyl (C=O) groups excluding carboxylic acids is 1. The molecule has 1 aromatic heterocycles. The monoisotopic (exact) mass is 331 g/mol. The van der Waals surface area contributed by atoms with Crippen LogP contribution in [0.3, 0.4) is 0 Å². The molecule has 0 aliphatic rings. The van der Waals surface area contributed by atoms with Crippen LogP contribution in [0.25, 0.3) is 0 Å². The molecule has 0 aliphatic carbocycles. The summed E-state index contributed by atoms with van der Waals surface area (Å²) in [5.41, 5.74) is -0.0188. The van der Waals surface area contributed by atoms with Gasteiger partial charge in [-0.05, 0) is 47.2 Å². The molecule has 0 amide bonds. The Bertz CT molecular complexity index is 384. The lowest BCUT2D eigenvalue weighted by Gasteiger charge is -2.06. The first-order chi connectivity index (χ1) is 6.43. The average Bonchev–Trinajstić information content (AvgIpc) is 2.07. The summed E-state index contributed by atoms with van der Waals surface area (Å²) in [5.74, 6) is 0. The van der Waals surface area contributed by atoms with Gasteiger partial charge in [0.2, 0.25) is 0 Å². The Kier molecular flexibility index (Phi) is 3.77. The van der Waals surface area contributed by atoms with Crippen LogP contribution in [0, 0.1) is 10.5 Å². The van der Waals surface area contributed by atoms with Gasteiger partial charge in [0.05, 0.1) is 0 Å². The zero-order chi connectivity index (χ0) is 10.9. The molecule has 0 fully saturated rings. The van der Waals surface area contributed by atoms with Crippen molar-refractivity contribution >= 4 is 39.4 Å². The van der Waals surface area contributed by atoms with E-state index >= 15 is 0 Å². The number of aryl methyl sites for hydroxylation is 1. The molecule has 0 radical (unpaired) electrons. The van der Waals surface area contributed by atoms with Gasteiger partial charge < -0.3 is 0 Å². The molecular weight excluding hydrogens is 326 g/mol. The minimum absolute atomic E-state index is 0.0224. The van der Waals surface area contributed by atoms with Gasteiger partial charge in [-0.2, -0.15) is 0 Å². The van der Waals surface area contributed by atoms with Gasteiger partial charge in [-0.15, -0.1) is 0 Å². The number of rotatable bonds is 2. The fourth-order valence-electron chi connectivity index (χ4n) is 0.954. The first kappa shape index (κ1) is 11.8. The van der Waals surface area contributed by atoms with Crippen LogP contribution in [0.1, 0.15) is 28.2 Å². The summed E-state index contributed by atoms with van der Waals surface area (Å²) in [7, 11) is 0. The topological polar surface area (TPSA) is 30.0 Å². The number of halogens is 4. The molecule has 14 heavy (non-hydrogen) atoms. The Hall–Kier alpha value is -0.300. The molecule has 0 saturated carbocycles. The van der Waals surface area contributed by atoms with Crippen LogP contribution in [0.15, 0.2) is 6.07 Å². The van der Waals surface area contributed by atoms with Crippen molar-refractivity contribution < 1.29 is 13.6 Å². The van der Waals surface area contributed by atoms with E-state index in [9.17, 15) is 13.6 Å². The Labute approximate surface area is 97.8 Å². The zero-order valence-electron chi connectivity index (χ0n) is 7.02. The van der Waals surface area contributed by atoms with Crippen LogP contribution in [-0.4, -0.2) is 10.2 Å². The van der Waals surface area contributed by atoms with Crippen molar-refractivity contribution in [3.63, 3.8) is 0 Å². The Balaban J connectivity index is 3.31. The molecule has 0 aliphatic heterocycles. The van der Waals surface area contributed by atoms with Crippen molar-refractivity contribution in [1.29, 1.82) is 0 Å².